The lowest BCUT2D eigenvalue weighted by molar-refractivity contribution is -0.141. The first-order valence-electron chi connectivity index (χ1n) is 7.39. The molecule has 1 aromatic heterocycles. The molecule has 1 amide bonds. The molecule has 1 atom stereocenters. The van der Waals surface area contributed by atoms with E-state index in [2.05, 4.69) is 10.4 Å². The number of carbonyl (C=O) groups excluding carboxylic acids is 1. The molecule has 0 saturated heterocycles. The quantitative estimate of drug-likeness (QED) is 0.925. The number of nitrogens with one attached hydrogen (secondary N) is 1. The fourth-order valence-electron chi connectivity index (χ4n) is 2.42. The van der Waals surface area contributed by atoms with Gasteiger partial charge in [-0.1, -0.05) is 18.2 Å². The predicted molar refractivity (Wildman–Crippen MR) is 79.0 cm³/mol. The highest BCUT2D eigenvalue weighted by atomic mass is 19.4. The highest BCUT2D eigenvalue weighted by molar-refractivity contribution is 5.93. The number of amides is 1. The third-order valence-electron chi connectivity index (χ3n) is 3.84. The summed E-state index contributed by atoms with van der Waals surface area (Å²) in [5.41, 5.74) is 0.132. The van der Waals surface area contributed by atoms with Crippen molar-refractivity contribution in [3.8, 4) is 0 Å². The van der Waals surface area contributed by atoms with Crippen LogP contribution in [0.1, 0.15) is 43.1 Å². The first-order chi connectivity index (χ1) is 10.9. The van der Waals surface area contributed by atoms with Gasteiger partial charge in [0.2, 0.25) is 5.91 Å². The van der Waals surface area contributed by atoms with Crippen LogP contribution in [0.15, 0.2) is 36.4 Å². The van der Waals surface area contributed by atoms with Crippen molar-refractivity contribution in [2.75, 3.05) is 5.32 Å². The molecule has 1 saturated carbocycles. The van der Waals surface area contributed by atoms with Gasteiger partial charge < -0.3 is 5.32 Å². The van der Waals surface area contributed by atoms with Crippen molar-refractivity contribution in [2.24, 2.45) is 0 Å². The van der Waals surface area contributed by atoms with E-state index in [1.807, 2.05) is 6.07 Å². The average Bonchev–Trinajstić information content (AvgIpc) is 3.24. The Morgan fingerprint density at radius 2 is 1.96 bits per heavy atom. The zero-order valence-corrected chi connectivity index (χ0v) is 12.5. The standard InChI is InChI=1S/C16H16F3N3O/c1-10(15(23)20-12-5-3-2-4-6-12)22-13(11-7-8-11)9-14(21-22)16(17,18)19/h2-6,9-11H,7-8H2,1H3,(H,20,23). The van der Waals surface area contributed by atoms with Gasteiger partial charge in [-0.25, -0.2) is 0 Å². The molecule has 3 rings (SSSR count). The highest BCUT2D eigenvalue weighted by Crippen LogP contribution is 2.43. The highest BCUT2D eigenvalue weighted by Gasteiger charge is 2.39. The van der Waals surface area contributed by atoms with Gasteiger partial charge in [0.1, 0.15) is 6.04 Å². The maximum Gasteiger partial charge on any atom is 0.435 e. The van der Waals surface area contributed by atoms with Crippen LogP contribution in [0.4, 0.5) is 18.9 Å². The summed E-state index contributed by atoms with van der Waals surface area (Å²) in [6, 6.07) is 9.03. The van der Waals surface area contributed by atoms with E-state index in [1.165, 1.54) is 4.68 Å². The molecule has 1 N–H and O–H groups in total. The second-order valence-electron chi connectivity index (χ2n) is 5.70. The lowest BCUT2D eigenvalue weighted by atomic mass is 10.2. The van der Waals surface area contributed by atoms with E-state index in [-0.39, 0.29) is 5.92 Å². The van der Waals surface area contributed by atoms with Crippen LogP contribution in [0.2, 0.25) is 0 Å². The fourth-order valence-corrected chi connectivity index (χ4v) is 2.42. The summed E-state index contributed by atoms with van der Waals surface area (Å²) in [6.45, 7) is 1.55. The summed E-state index contributed by atoms with van der Waals surface area (Å²) < 4.78 is 39.9. The average molecular weight is 323 g/mol. The minimum atomic E-state index is -4.51. The van der Waals surface area contributed by atoms with Crippen molar-refractivity contribution in [3.05, 3.63) is 47.8 Å². The number of benzene rings is 1. The minimum Gasteiger partial charge on any atom is -0.324 e. The molecule has 1 aliphatic rings. The normalized spacial score (nSPS) is 16.2. The topological polar surface area (TPSA) is 46.9 Å². The van der Waals surface area contributed by atoms with Crippen LogP contribution < -0.4 is 5.32 Å². The molecule has 7 heteroatoms. The second kappa shape index (κ2) is 5.72. The van der Waals surface area contributed by atoms with Crippen molar-refractivity contribution < 1.29 is 18.0 Å². The first kappa shape index (κ1) is 15.6. The van der Waals surface area contributed by atoms with Gasteiger partial charge in [0, 0.05) is 17.3 Å². The first-order valence-corrected chi connectivity index (χ1v) is 7.39. The number of rotatable bonds is 4. The molecule has 0 aliphatic heterocycles. The molecule has 0 radical (unpaired) electrons. The van der Waals surface area contributed by atoms with E-state index in [0.29, 0.717) is 11.4 Å². The molecule has 0 spiro atoms. The number of carbonyl (C=O) groups is 1. The third kappa shape index (κ3) is 3.38. The van der Waals surface area contributed by atoms with E-state index in [0.717, 1.165) is 18.9 Å². The van der Waals surface area contributed by atoms with Gasteiger partial charge in [-0.2, -0.15) is 18.3 Å². The van der Waals surface area contributed by atoms with Crippen molar-refractivity contribution >= 4 is 11.6 Å². The number of alkyl halides is 3. The molecule has 1 heterocycles. The second-order valence-corrected chi connectivity index (χ2v) is 5.70. The zero-order valence-electron chi connectivity index (χ0n) is 12.5. The number of hydrogen-bond donors (Lipinski definition) is 1. The SMILES string of the molecule is CC(C(=O)Nc1ccccc1)n1nc(C(F)(F)F)cc1C1CC1. The summed E-state index contributed by atoms with van der Waals surface area (Å²) in [6.07, 6.45) is -2.85. The molecule has 0 bridgehead atoms. The number of aromatic nitrogens is 2. The van der Waals surface area contributed by atoms with Crippen LogP contribution in [0.25, 0.3) is 0 Å². The van der Waals surface area contributed by atoms with Crippen molar-refractivity contribution in [1.29, 1.82) is 0 Å². The Hall–Kier alpha value is -2.31. The molecule has 1 unspecified atom stereocenters. The van der Waals surface area contributed by atoms with Crippen LogP contribution >= 0.6 is 0 Å². The lowest BCUT2D eigenvalue weighted by Gasteiger charge is -2.15. The van der Waals surface area contributed by atoms with E-state index < -0.39 is 23.8 Å². The third-order valence-corrected chi connectivity index (χ3v) is 3.84. The molecule has 23 heavy (non-hydrogen) atoms. The van der Waals surface area contributed by atoms with Gasteiger partial charge in [0.15, 0.2) is 5.69 Å². The Morgan fingerprint density at radius 1 is 1.30 bits per heavy atom. The van der Waals surface area contributed by atoms with Crippen LogP contribution in [0.3, 0.4) is 0 Å². The monoisotopic (exact) mass is 323 g/mol. The molecule has 2 aromatic rings. The van der Waals surface area contributed by atoms with E-state index in [1.54, 1.807) is 31.2 Å². The summed E-state index contributed by atoms with van der Waals surface area (Å²) in [5, 5.41) is 6.33. The van der Waals surface area contributed by atoms with Gasteiger partial charge in [-0.3, -0.25) is 9.48 Å². The van der Waals surface area contributed by atoms with E-state index in [9.17, 15) is 18.0 Å². The Kier molecular flexibility index (Phi) is 3.87. The lowest BCUT2D eigenvalue weighted by Crippen LogP contribution is -2.26. The molecular weight excluding hydrogens is 307 g/mol. The summed E-state index contributed by atoms with van der Waals surface area (Å²) >= 11 is 0. The zero-order chi connectivity index (χ0) is 16.6. The number of halogens is 3. The number of hydrogen-bond acceptors (Lipinski definition) is 2. The Labute approximate surface area is 131 Å². The molecule has 1 aromatic carbocycles. The van der Waals surface area contributed by atoms with E-state index >= 15 is 0 Å². The number of para-hydroxylation sites is 1. The van der Waals surface area contributed by atoms with Crippen LogP contribution in [-0.2, 0) is 11.0 Å². The largest absolute Gasteiger partial charge is 0.435 e. The number of anilines is 1. The van der Waals surface area contributed by atoms with Crippen molar-refractivity contribution in [2.45, 2.75) is 37.9 Å². The van der Waals surface area contributed by atoms with Crippen LogP contribution in [-0.4, -0.2) is 15.7 Å². The summed E-state index contributed by atoms with van der Waals surface area (Å²) in [7, 11) is 0. The van der Waals surface area contributed by atoms with Crippen LogP contribution in [0, 0.1) is 0 Å². The summed E-state index contributed by atoms with van der Waals surface area (Å²) in [5.74, 6) is -0.333. The van der Waals surface area contributed by atoms with Gasteiger partial charge in [-0.15, -0.1) is 0 Å². The van der Waals surface area contributed by atoms with E-state index in [4.69, 9.17) is 0 Å². The molecule has 122 valence electrons. The van der Waals surface area contributed by atoms with Gasteiger partial charge in [0.25, 0.3) is 0 Å². The summed E-state index contributed by atoms with van der Waals surface area (Å²) in [4.78, 5) is 12.3. The predicted octanol–water partition coefficient (Wildman–Crippen LogP) is 3.98. The molecule has 1 fully saturated rings. The van der Waals surface area contributed by atoms with Gasteiger partial charge in [0.05, 0.1) is 0 Å². The Morgan fingerprint density at radius 3 is 2.52 bits per heavy atom. The molecule has 1 aliphatic carbocycles. The molecule has 4 nitrogen and oxygen atoms in total. The maximum atomic E-state index is 12.9. The van der Waals surface area contributed by atoms with Crippen molar-refractivity contribution in [1.82, 2.24) is 9.78 Å². The Balaban J connectivity index is 1.85. The van der Waals surface area contributed by atoms with Gasteiger partial charge in [-0.05, 0) is 38.0 Å². The van der Waals surface area contributed by atoms with Crippen molar-refractivity contribution in [3.63, 3.8) is 0 Å². The van der Waals surface area contributed by atoms with Gasteiger partial charge >= 0.3 is 6.18 Å². The number of nitrogens with zero attached hydrogens (tertiary/aromatic N) is 2. The Bertz CT molecular complexity index is 705. The minimum absolute atomic E-state index is 0.0607. The maximum absolute atomic E-state index is 12.9. The van der Waals surface area contributed by atoms with Crippen LogP contribution in [0.5, 0.6) is 0 Å². The smallest absolute Gasteiger partial charge is 0.324 e. The fraction of sp³-hybridized carbons (Fsp3) is 0.375. The molecular formula is C16H16F3N3O.